The maximum atomic E-state index is 13.7. The van der Waals surface area contributed by atoms with E-state index in [1.165, 1.54) is 16.7 Å². The average molecular weight is 388 g/mol. The van der Waals surface area contributed by atoms with E-state index >= 15 is 0 Å². The van der Waals surface area contributed by atoms with Crippen LogP contribution in [0.2, 0.25) is 0 Å². The van der Waals surface area contributed by atoms with Gasteiger partial charge >= 0.3 is 0 Å². The number of aromatic nitrogens is 4. The van der Waals surface area contributed by atoms with Crippen molar-refractivity contribution >= 4 is 21.9 Å². The minimum Gasteiger partial charge on any atom is -0.454 e. The number of nitrogens with one attached hydrogen (secondary N) is 1. The molecule has 0 aliphatic rings. The predicted molar refractivity (Wildman–Crippen MR) is 110 cm³/mol. The average Bonchev–Trinajstić information content (AvgIpc) is 3.33. The fourth-order valence-electron chi connectivity index (χ4n) is 3.62. The Labute approximate surface area is 164 Å². The molecule has 0 bridgehead atoms. The van der Waals surface area contributed by atoms with Gasteiger partial charge in [0.15, 0.2) is 5.75 Å². The molecule has 5 aromatic rings. The molecule has 0 fully saturated rings. The van der Waals surface area contributed by atoms with Crippen LogP contribution in [0, 0.1) is 5.82 Å². The molecule has 2 aromatic carbocycles. The summed E-state index contributed by atoms with van der Waals surface area (Å²) in [6.45, 7) is 0. The molecule has 0 saturated carbocycles. The largest absolute Gasteiger partial charge is 0.454 e. The Morgan fingerprint density at radius 3 is 2.76 bits per heavy atom. The number of benzene rings is 2. The van der Waals surface area contributed by atoms with Gasteiger partial charge in [-0.2, -0.15) is 0 Å². The summed E-state index contributed by atoms with van der Waals surface area (Å²) in [6.07, 6.45) is 5.22. The highest BCUT2D eigenvalue weighted by Crippen LogP contribution is 2.40. The van der Waals surface area contributed by atoms with Gasteiger partial charge < -0.3 is 18.9 Å². The molecule has 29 heavy (non-hydrogen) atoms. The monoisotopic (exact) mass is 388 g/mol. The number of rotatable bonds is 3. The first-order valence-corrected chi connectivity index (χ1v) is 9.07. The predicted octanol–water partition coefficient (Wildman–Crippen LogP) is 4.35. The molecule has 3 heterocycles. The number of imidazole rings is 1. The maximum Gasteiger partial charge on any atom is 0.274 e. The zero-order valence-electron chi connectivity index (χ0n) is 15.8. The summed E-state index contributed by atoms with van der Waals surface area (Å²) in [5, 5.41) is 0.785. The van der Waals surface area contributed by atoms with Crippen LogP contribution in [-0.2, 0) is 14.1 Å². The van der Waals surface area contributed by atoms with Crippen molar-refractivity contribution in [1.82, 2.24) is 19.1 Å². The lowest BCUT2D eigenvalue weighted by molar-refractivity contribution is 0.483. The topological polar surface area (TPSA) is 64.8 Å². The minimum atomic E-state index is -0.382. The van der Waals surface area contributed by atoms with Gasteiger partial charge in [0.25, 0.3) is 5.56 Å². The van der Waals surface area contributed by atoms with E-state index in [1.807, 2.05) is 29.8 Å². The fraction of sp³-hybridized carbons (Fsp3) is 0.0909. The molecule has 144 valence electrons. The zero-order chi connectivity index (χ0) is 20.1. The number of halogens is 1. The summed E-state index contributed by atoms with van der Waals surface area (Å²) >= 11 is 0. The second-order valence-corrected chi connectivity index (χ2v) is 6.95. The van der Waals surface area contributed by atoms with E-state index in [0.717, 1.165) is 22.0 Å². The summed E-state index contributed by atoms with van der Waals surface area (Å²) in [5.41, 5.74) is 3.54. The van der Waals surface area contributed by atoms with Crippen molar-refractivity contribution in [1.29, 1.82) is 0 Å². The van der Waals surface area contributed by atoms with Crippen LogP contribution in [0.3, 0.4) is 0 Å². The lowest BCUT2D eigenvalue weighted by atomic mass is 10.0. The Morgan fingerprint density at radius 2 is 1.93 bits per heavy atom. The van der Waals surface area contributed by atoms with E-state index in [4.69, 9.17) is 4.74 Å². The lowest BCUT2D eigenvalue weighted by Gasteiger charge is -2.14. The first kappa shape index (κ1) is 17.2. The standard InChI is InChI=1S/C22H17FN4O2/c1-26-11-17(15-8-9-24-19(15)22(26)28)16-6-7-18-20(25-12-27(18)2)21(16)29-14-5-3-4-13(23)10-14/h3-12,24H,1-2H3. The van der Waals surface area contributed by atoms with E-state index in [2.05, 4.69) is 9.97 Å². The Hall–Kier alpha value is -3.87. The molecule has 0 aliphatic carbocycles. The number of hydrogen-bond acceptors (Lipinski definition) is 3. The fourth-order valence-corrected chi connectivity index (χ4v) is 3.62. The Kier molecular flexibility index (Phi) is 3.77. The third-order valence-corrected chi connectivity index (χ3v) is 5.05. The number of hydrogen-bond donors (Lipinski definition) is 1. The summed E-state index contributed by atoms with van der Waals surface area (Å²) < 4.78 is 23.3. The van der Waals surface area contributed by atoms with Gasteiger partial charge in [-0.25, -0.2) is 9.37 Å². The Balaban J connectivity index is 1.82. The first-order valence-electron chi connectivity index (χ1n) is 9.07. The van der Waals surface area contributed by atoms with Gasteiger partial charge in [0.1, 0.15) is 22.6 Å². The van der Waals surface area contributed by atoms with Crippen molar-refractivity contribution in [2.45, 2.75) is 0 Å². The summed E-state index contributed by atoms with van der Waals surface area (Å²) in [6, 6.07) is 11.7. The number of nitrogens with zero attached hydrogens (tertiary/aromatic N) is 3. The van der Waals surface area contributed by atoms with Crippen LogP contribution in [0.5, 0.6) is 11.5 Å². The van der Waals surface area contributed by atoms with Crippen molar-refractivity contribution in [3.63, 3.8) is 0 Å². The van der Waals surface area contributed by atoms with Gasteiger partial charge in [-0.05, 0) is 30.3 Å². The van der Waals surface area contributed by atoms with E-state index in [9.17, 15) is 9.18 Å². The molecule has 0 atom stereocenters. The smallest absolute Gasteiger partial charge is 0.274 e. The summed E-state index contributed by atoms with van der Waals surface area (Å²) in [4.78, 5) is 20.0. The molecule has 0 saturated heterocycles. The molecular weight excluding hydrogens is 371 g/mol. The Morgan fingerprint density at radius 1 is 1.07 bits per heavy atom. The van der Waals surface area contributed by atoms with Crippen LogP contribution in [0.15, 0.2) is 66.0 Å². The van der Waals surface area contributed by atoms with E-state index in [-0.39, 0.29) is 11.4 Å². The van der Waals surface area contributed by atoms with Crippen molar-refractivity contribution < 1.29 is 9.13 Å². The van der Waals surface area contributed by atoms with E-state index in [0.29, 0.717) is 22.5 Å². The summed E-state index contributed by atoms with van der Waals surface area (Å²) in [7, 11) is 3.61. The number of H-pyrrole nitrogens is 1. The lowest BCUT2D eigenvalue weighted by Crippen LogP contribution is -2.16. The van der Waals surface area contributed by atoms with Gasteiger partial charge in [0.2, 0.25) is 0 Å². The van der Waals surface area contributed by atoms with E-state index < -0.39 is 0 Å². The normalized spacial score (nSPS) is 11.4. The second kappa shape index (κ2) is 6.34. The van der Waals surface area contributed by atoms with Gasteiger partial charge in [0, 0.05) is 49.1 Å². The molecule has 1 N–H and O–H groups in total. The minimum absolute atomic E-state index is 0.111. The number of pyridine rings is 1. The molecule has 0 radical (unpaired) electrons. The highest BCUT2D eigenvalue weighted by Gasteiger charge is 2.19. The molecular formula is C22H17FN4O2. The van der Waals surface area contributed by atoms with Crippen LogP contribution in [0.1, 0.15) is 0 Å². The van der Waals surface area contributed by atoms with Crippen molar-refractivity contribution in [2.24, 2.45) is 14.1 Å². The quantitative estimate of drug-likeness (QED) is 0.500. The molecule has 7 heteroatoms. The molecule has 5 rings (SSSR count). The van der Waals surface area contributed by atoms with Crippen LogP contribution < -0.4 is 10.3 Å². The van der Waals surface area contributed by atoms with E-state index in [1.54, 1.807) is 37.9 Å². The number of fused-ring (bicyclic) bond motifs is 2. The Bertz CT molecular complexity index is 1440. The highest BCUT2D eigenvalue weighted by molar-refractivity contribution is 6.00. The van der Waals surface area contributed by atoms with Gasteiger partial charge in [-0.3, -0.25) is 4.79 Å². The molecule has 0 aliphatic heterocycles. The van der Waals surface area contributed by atoms with Crippen molar-refractivity contribution in [3.05, 3.63) is 77.4 Å². The molecule has 6 nitrogen and oxygen atoms in total. The SMILES string of the molecule is Cn1cc(-c2ccc3c(ncn3C)c2Oc2cccc(F)c2)c2cc[nH]c2c1=O. The number of aromatic amines is 1. The number of ether oxygens (including phenoxy) is 1. The van der Waals surface area contributed by atoms with Gasteiger partial charge in [-0.15, -0.1) is 0 Å². The van der Waals surface area contributed by atoms with Crippen LogP contribution >= 0.6 is 0 Å². The third-order valence-electron chi connectivity index (χ3n) is 5.05. The summed E-state index contributed by atoms with van der Waals surface area (Å²) in [5.74, 6) is 0.502. The molecule has 0 amide bonds. The van der Waals surface area contributed by atoms with Crippen LogP contribution in [0.25, 0.3) is 33.1 Å². The highest BCUT2D eigenvalue weighted by atomic mass is 19.1. The second-order valence-electron chi connectivity index (χ2n) is 6.95. The first-order chi connectivity index (χ1) is 14.0. The third kappa shape index (κ3) is 2.70. The zero-order valence-corrected chi connectivity index (χ0v) is 15.8. The van der Waals surface area contributed by atoms with Crippen molar-refractivity contribution in [3.8, 4) is 22.6 Å². The van der Waals surface area contributed by atoms with Gasteiger partial charge in [-0.1, -0.05) is 6.07 Å². The van der Waals surface area contributed by atoms with Crippen molar-refractivity contribution in [2.75, 3.05) is 0 Å². The van der Waals surface area contributed by atoms with Crippen LogP contribution in [-0.4, -0.2) is 19.1 Å². The van der Waals surface area contributed by atoms with Crippen LogP contribution in [0.4, 0.5) is 4.39 Å². The van der Waals surface area contributed by atoms with Gasteiger partial charge in [0.05, 0.1) is 11.8 Å². The molecule has 0 spiro atoms. The molecule has 0 unspecified atom stereocenters. The maximum absolute atomic E-state index is 13.7. The number of aryl methyl sites for hydroxylation is 2. The molecule has 3 aromatic heterocycles.